The summed E-state index contributed by atoms with van der Waals surface area (Å²) >= 11 is 2.37. The van der Waals surface area contributed by atoms with E-state index < -0.39 is 0 Å². The lowest BCUT2D eigenvalue weighted by molar-refractivity contribution is -0.141. The van der Waals surface area contributed by atoms with Crippen LogP contribution in [0.25, 0.3) is 0 Å². The molecule has 2 nitrogen and oxygen atoms in total. The van der Waals surface area contributed by atoms with Crippen LogP contribution < -0.4 is 0 Å². The maximum atomic E-state index is 10.8. The van der Waals surface area contributed by atoms with E-state index in [-0.39, 0.29) is 12.1 Å². The van der Waals surface area contributed by atoms with Gasteiger partial charge in [-0.3, -0.25) is 4.79 Å². The van der Waals surface area contributed by atoms with E-state index in [4.69, 9.17) is 4.74 Å². The monoisotopic (exact) mass is 268 g/mol. The molecule has 0 N–H and O–H groups in total. The van der Waals surface area contributed by atoms with E-state index in [1.807, 2.05) is 0 Å². The quantitative estimate of drug-likeness (QED) is 0.436. The van der Waals surface area contributed by atoms with Crippen LogP contribution in [0.1, 0.15) is 26.7 Å². The van der Waals surface area contributed by atoms with E-state index in [0.29, 0.717) is 16.3 Å². The summed E-state index contributed by atoms with van der Waals surface area (Å²) in [6.45, 7) is 4.31. The highest BCUT2D eigenvalue weighted by Crippen LogP contribution is 2.27. The number of esters is 1. The maximum Gasteiger partial charge on any atom is 0.306 e. The largest absolute Gasteiger partial charge is 0.461 e. The molecular formula is C8H13IO2. The number of halogens is 1. The second-order valence-electron chi connectivity index (χ2n) is 3.26. The second kappa shape index (κ2) is 3.74. The van der Waals surface area contributed by atoms with Gasteiger partial charge in [0.05, 0.1) is 3.92 Å². The average molecular weight is 268 g/mol. The van der Waals surface area contributed by atoms with Gasteiger partial charge in [0.15, 0.2) is 0 Å². The molecule has 1 rings (SSSR count). The minimum absolute atomic E-state index is 0.0303. The van der Waals surface area contributed by atoms with Gasteiger partial charge < -0.3 is 4.74 Å². The first kappa shape index (κ1) is 9.29. The van der Waals surface area contributed by atoms with Crippen LogP contribution in [0.15, 0.2) is 0 Å². The highest BCUT2D eigenvalue weighted by molar-refractivity contribution is 14.1. The third kappa shape index (κ3) is 2.32. The fourth-order valence-corrected chi connectivity index (χ4v) is 1.71. The fourth-order valence-electron chi connectivity index (χ4n) is 1.20. The van der Waals surface area contributed by atoms with Gasteiger partial charge in [-0.1, -0.05) is 36.4 Å². The lowest BCUT2D eigenvalue weighted by atomic mass is 10.0. The molecule has 0 aromatic rings. The number of hydrogen-bond donors (Lipinski definition) is 0. The first-order chi connectivity index (χ1) is 5.11. The number of hydrogen-bond acceptors (Lipinski definition) is 2. The van der Waals surface area contributed by atoms with E-state index in [1.54, 1.807) is 0 Å². The Kier molecular flexibility index (Phi) is 3.16. The third-order valence-electron chi connectivity index (χ3n) is 1.91. The first-order valence-electron chi connectivity index (χ1n) is 3.95. The normalized spacial score (nSPS) is 27.3. The molecule has 0 saturated carbocycles. The summed E-state index contributed by atoms with van der Waals surface area (Å²) in [5, 5.41) is 0. The van der Waals surface area contributed by atoms with Gasteiger partial charge in [-0.15, -0.1) is 0 Å². The van der Waals surface area contributed by atoms with Crippen LogP contribution in [0, 0.1) is 5.92 Å². The summed E-state index contributed by atoms with van der Waals surface area (Å²) < 4.78 is 5.61. The SMILES string of the molecule is CC(C)[C@H](I)[C@@H]1CCC(=O)O1. The fraction of sp³-hybridized carbons (Fsp3) is 0.875. The summed E-state index contributed by atoms with van der Waals surface area (Å²) in [5.74, 6) is 0.559. The Morgan fingerprint density at radius 1 is 1.64 bits per heavy atom. The molecule has 0 aliphatic carbocycles. The minimum atomic E-state index is -0.0303. The van der Waals surface area contributed by atoms with Gasteiger partial charge in [-0.25, -0.2) is 0 Å². The van der Waals surface area contributed by atoms with Crippen molar-refractivity contribution in [2.75, 3.05) is 0 Å². The number of alkyl halides is 1. The zero-order chi connectivity index (χ0) is 8.43. The van der Waals surface area contributed by atoms with Crippen molar-refractivity contribution in [2.24, 2.45) is 5.92 Å². The summed E-state index contributed by atoms with van der Waals surface area (Å²) in [7, 11) is 0. The van der Waals surface area contributed by atoms with E-state index in [1.165, 1.54) is 0 Å². The molecule has 1 aliphatic heterocycles. The predicted octanol–water partition coefficient (Wildman–Crippen LogP) is 2.15. The van der Waals surface area contributed by atoms with E-state index in [9.17, 15) is 4.79 Å². The summed E-state index contributed by atoms with van der Waals surface area (Å²) in [6, 6.07) is 0. The van der Waals surface area contributed by atoms with Gasteiger partial charge in [0.1, 0.15) is 6.10 Å². The topological polar surface area (TPSA) is 26.3 Å². The van der Waals surface area contributed by atoms with Gasteiger partial charge in [0.2, 0.25) is 0 Å². The third-order valence-corrected chi connectivity index (χ3v) is 4.15. The van der Waals surface area contributed by atoms with Crippen LogP contribution >= 0.6 is 22.6 Å². The number of cyclic esters (lactones) is 1. The maximum absolute atomic E-state index is 10.8. The molecule has 0 spiro atoms. The molecular weight excluding hydrogens is 255 g/mol. The second-order valence-corrected chi connectivity index (χ2v) is 4.69. The summed E-state index contributed by atoms with van der Waals surface area (Å²) in [6.07, 6.45) is 1.68. The molecule has 0 amide bonds. The van der Waals surface area contributed by atoms with E-state index in [2.05, 4.69) is 36.4 Å². The molecule has 2 atom stereocenters. The van der Waals surface area contributed by atoms with Crippen LogP contribution in [0.5, 0.6) is 0 Å². The van der Waals surface area contributed by atoms with Crippen molar-refractivity contribution in [3.8, 4) is 0 Å². The molecule has 1 heterocycles. The van der Waals surface area contributed by atoms with Gasteiger partial charge in [-0.2, -0.15) is 0 Å². The van der Waals surface area contributed by atoms with Crippen LogP contribution in [-0.2, 0) is 9.53 Å². The van der Waals surface area contributed by atoms with E-state index >= 15 is 0 Å². The number of ether oxygens (including phenoxy) is 1. The highest BCUT2D eigenvalue weighted by Gasteiger charge is 2.30. The van der Waals surface area contributed by atoms with Crippen molar-refractivity contribution >= 4 is 28.6 Å². The molecule has 3 heteroatoms. The Balaban J connectivity index is 2.43. The number of carbonyl (C=O) groups is 1. The van der Waals surface area contributed by atoms with Gasteiger partial charge in [0, 0.05) is 6.42 Å². The molecule has 1 fully saturated rings. The summed E-state index contributed by atoms with van der Waals surface area (Å²) in [4.78, 5) is 10.8. The van der Waals surface area contributed by atoms with Crippen molar-refractivity contribution in [3.05, 3.63) is 0 Å². The van der Waals surface area contributed by atoms with Crippen LogP contribution in [0.4, 0.5) is 0 Å². The smallest absolute Gasteiger partial charge is 0.306 e. The van der Waals surface area contributed by atoms with Crippen LogP contribution in [0.2, 0.25) is 0 Å². The molecule has 1 aliphatic rings. The molecule has 1 saturated heterocycles. The molecule has 0 bridgehead atoms. The molecule has 0 unspecified atom stereocenters. The van der Waals surface area contributed by atoms with Crippen LogP contribution in [0.3, 0.4) is 0 Å². The molecule has 0 aromatic carbocycles. The van der Waals surface area contributed by atoms with Crippen molar-refractivity contribution in [3.63, 3.8) is 0 Å². The molecule has 0 radical (unpaired) electrons. The Hall–Kier alpha value is 0.200. The average Bonchev–Trinajstić information content (AvgIpc) is 2.34. The standard InChI is InChI=1S/C8H13IO2/c1-5(2)8(9)6-3-4-7(10)11-6/h5-6,8H,3-4H2,1-2H3/t6-,8-/m0/s1. The lowest BCUT2D eigenvalue weighted by Gasteiger charge is -2.19. The first-order valence-corrected chi connectivity index (χ1v) is 5.19. The Morgan fingerprint density at radius 2 is 2.27 bits per heavy atom. The Bertz CT molecular complexity index is 156. The lowest BCUT2D eigenvalue weighted by Crippen LogP contribution is -2.24. The zero-order valence-electron chi connectivity index (χ0n) is 6.84. The van der Waals surface area contributed by atoms with Crippen LogP contribution in [-0.4, -0.2) is 16.0 Å². The van der Waals surface area contributed by atoms with Gasteiger partial charge in [0.25, 0.3) is 0 Å². The van der Waals surface area contributed by atoms with Crippen molar-refractivity contribution in [2.45, 2.75) is 36.7 Å². The molecule has 0 aromatic heterocycles. The Morgan fingerprint density at radius 3 is 2.64 bits per heavy atom. The zero-order valence-corrected chi connectivity index (χ0v) is 9.00. The molecule has 64 valence electrons. The highest BCUT2D eigenvalue weighted by atomic mass is 127. The van der Waals surface area contributed by atoms with Crippen molar-refractivity contribution in [1.29, 1.82) is 0 Å². The van der Waals surface area contributed by atoms with Crippen molar-refractivity contribution in [1.82, 2.24) is 0 Å². The minimum Gasteiger partial charge on any atom is -0.461 e. The summed E-state index contributed by atoms with van der Waals surface area (Å²) in [5.41, 5.74) is 0. The van der Waals surface area contributed by atoms with Gasteiger partial charge >= 0.3 is 5.97 Å². The number of carbonyl (C=O) groups excluding carboxylic acids is 1. The predicted molar refractivity (Wildman–Crippen MR) is 51.8 cm³/mol. The molecule has 11 heavy (non-hydrogen) atoms. The van der Waals surface area contributed by atoms with Crippen molar-refractivity contribution < 1.29 is 9.53 Å². The van der Waals surface area contributed by atoms with Gasteiger partial charge in [-0.05, 0) is 12.3 Å². The number of rotatable bonds is 2. The van der Waals surface area contributed by atoms with E-state index in [0.717, 1.165) is 6.42 Å². The Labute approximate surface area is 80.8 Å².